The maximum absolute atomic E-state index is 13.0. The van der Waals surface area contributed by atoms with Gasteiger partial charge in [0.25, 0.3) is 0 Å². The summed E-state index contributed by atoms with van der Waals surface area (Å²) in [5, 5.41) is 5.50. The van der Waals surface area contributed by atoms with Gasteiger partial charge in [-0.25, -0.2) is 0 Å². The van der Waals surface area contributed by atoms with Crippen molar-refractivity contribution in [2.45, 2.75) is 142 Å². The number of carbonyl (C=O) groups excluding carboxylic acids is 5. The molecule has 0 aromatic carbocycles. The highest BCUT2D eigenvalue weighted by Crippen LogP contribution is 2.29. The van der Waals surface area contributed by atoms with E-state index < -0.39 is 40.2 Å². The molecule has 220 valence electrons. The number of amides is 2. The zero-order valence-electron chi connectivity index (χ0n) is 25.1. The molecule has 0 heterocycles. The van der Waals surface area contributed by atoms with Crippen molar-refractivity contribution >= 4 is 29.7 Å². The van der Waals surface area contributed by atoms with Crippen LogP contribution < -0.4 is 10.6 Å². The molecule has 0 atom stereocenters. The van der Waals surface area contributed by atoms with E-state index in [-0.39, 0.29) is 63.2 Å². The normalized spacial score (nSPS) is 12.4. The van der Waals surface area contributed by atoms with Crippen molar-refractivity contribution in [3.63, 3.8) is 0 Å². The molecule has 0 saturated carbocycles. The number of ether oxygens (including phenoxy) is 3. The number of nitrogens with one attached hydrogen (secondary N) is 2. The predicted octanol–water partition coefficient (Wildman–Crippen LogP) is 4.12. The van der Waals surface area contributed by atoms with Gasteiger partial charge in [0.2, 0.25) is 11.8 Å². The molecule has 0 rings (SSSR count). The van der Waals surface area contributed by atoms with E-state index in [0.29, 0.717) is 6.42 Å². The average Bonchev–Trinajstić information content (AvgIpc) is 2.71. The minimum atomic E-state index is -1.07. The fourth-order valence-corrected chi connectivity index (χ4v) is 3.66. The molecule has 2 amide bonds. The first-order valence-corrected chi connectivity index (χ1v) is 13.3. The van der Waals surface area contributed by atoms with E-state index in [1.165, 1.54) is 7.05 Å². The summed E-state index contributed by atoms with van der Waals surface area (Å²) in [7, 11) is 1.53. The monoisotopic (exact) mass is 542 g/mol. The molecule has 0 spiro atoms. The van der Waals surface area contributed by atoms with Crippen molar-refractivity contribution in [1.82, 2.24) is 10.6 Å². The van der Waals surface area contributed by atoms with Gasteiger partial charge < -0.3 is 24.8 Å². The van der Waals surface area contributed by atoms with Gasteiger partial charge in [0.1, 0.15) is 16.8 Å². The van der Waals surface area contributed by atoms with Crippen LogP contribution in [0.15, 0.2) is 0 Å². The van der Waals surface area contributed by atoms with Crippen LogP contribution in [0.5, 0.6) is 0 Å². The summed E-state index contributed by atoms with van der Waals surface area (Å²) in [6.07, 6.45) is 0.935. The number of esters is 3. The van der Waals surface area contributed by atoms with E-state index >= 15 is 0 Å². The molecule has 0 bridgehead atoms. The Morgan fingerprint density at radius 2 is 0.842 bits per heavy atom. The molecule has 0 aromatic heterocycles. The lowest BCUT2D eigenvalue weighted by Crippen LogP contribution is -2.50. The Hall–Kier alpha value is -2.65. The predicted molar refractivity (Wildman–Crippen MR) is 144 cm³/mol. The average molecular weight is 543 g/mol. The van der Waals surface area contributed by atoms with Crippen molar-refractivity contribution in [3.05, 3.63) is 0 Å². The second-order valence-electron chi connectivity index (χ2n) is 12.6. The Balaban J connectivity index is 5.89. The van der Waals surface area contributed by atoms with Crippen LogP contribution in [0.2, 0.25) is 0 Å². The van der Waals surface area contributed by atoms with Gasteiger partial charge in [0.15, 0.2) is 0 Å². The molecule has 10 nitrogen and oxygen atoms in total. The molecular weight excluding hydrogens is 492 g/mol. The highest BCUT2D eigenvalue weighted by molar-refractivity contribution is 5.79. The summed E-state index contributed by atoms with van der Waals surface area (Å²) in [6, 6.07) is 0. The van der Waals surface area contributed by atoms with E-state index in [9.17, 15) is 24.0 Å². The Bertz CT molecular complexity index is 737. The summed E-state index contributed by atoms with van der Waals surface area (Å²) in [6.45, 7) is 15.9. The van der Waals surface area contributed by atoms with Crippen LogP contribution in [-0.4, -0.2) is 59.1 Å². The molecule has 0 aliphatic rings. The largest absolute Gasteiger partial charge is 0.460 e. The zero-order chi connectivity index (χ0) is 29.8. The molecule has 0 aliphatic heterocycles. The van der Waals surface area contributed by atoms with E-state index in [0.717, 1.165) is 0 Å². The summed E-state index contributed by atoms with van der Waals surface area (Å²) in [5.74, 6) is -1.88. The molecule has 38 heavy (non-hydrogen) atoms. The van der Waals surface area contributed by atoms with Crippen molar-refractivity contribution in [2.75, 3.05) is 7.05 Å². The first kappa shape index (κ1) is 35.4. The van der Waals surface area contributed by atoms with Gasteiger partial charge in [0.05, 0.1) is 0 Å². The zero-order valence-corrected chi connectivity index (χ0v) is 25.1. The Morgan fingerprint density at radius 3 is 1.13 bits per heavy atom. The Labute approximate surface area is 228 Å². The van der Waals surface area contributed by atoms with Crippen molar-refractivity contribution in [2.24, 2.45) is 0 Å². The van der Waals surface area contributed by atoms with E-state index in [1.807, 2.05) is 0 Å². The maximum atomic E-state index is 13.0. The first-order chi connectivity index (χ1) is 17.2. The van der Waals surface area contributed by atoms with Crippen LogP contribution in [0.4, 0.5) is 0 Å². The number of carbonyl (C=O) groups is 5. The van der Waals surface area contributed by atoms with Gasteiger partial charge in [-0.3, -0.25) is 24.0 Å². The van der Waals surface area contributed by atoms with Gasteiger partial charge in [-0.2, -0.15) is 0 Å². The lowest BCUT2D eigenvalue weighted by molar-refractivity contribution is -0.156. The number of rotatable bonds is 14. The standard InChI is InChI=1S/C28H50N2O8/c1-25(2,3)36-22(33)14-17-28(18-15-23(34)37-26(4,5)6,19-16-24(35)38-27(7,8)9)30-21(32)13-11-12-20(31)29-10/h11-19H2,1-10H3,(H,29,31)(H,30,32). The second kappa shape index (κ2) is 15.1. The van der Waals surface area contributed by atoms with Crippen LogP contribution in [0.25, 0.3) is 0 Å². The molecule has 0 aliphatic carbocycles. The topological polar surface area (TPSA) is 137 Å². The smallest absolute Gasteiger partial charge is 0.306 e. The van der Waals surface area contributed by atoms with Crippen LogP contribution in [0.3, 0.4) is 0 Å². The minimum absolute atomic E-state index is 0.0293. The van der Waals surface area contributed by atoms with Gasteiger partial charge in [-0.15, -0.1) is 0 Å². The van der Waals surface area contributed by atoms with Crippen LogP contribution in [0.1, 0.15) is 120 Å². The molecule has 0 saturated heterocycles. The third kappa shape index (κ3) is 18.6. The molecule has 2 N–H and O–H groups in total. The SMILES string of the molecule is CNC(=O)CCCC(=O)NC(CCC(=O)OC(C)(C)C)(CCC(=O)OC(C)(C)C)CCC(=O)OC(C)(C)C. The highest BCUT2D eigenvalue weighted by atomic mass is 16.6. The van der Waals surface area contributed by atoms with Crippen LogP contribution >= 0.6 is 0 Å². The molecular formula is C28H50N2O8. The van der Waals surface area contributed by atoms with Gasteiger partial charge in [0, 0.05) is 44.7 Å². The number of hydrogen-bond acceptors (Lipinski definition) is 8. The lowest BCUT2D eigenvalue weighted by atomic mass is 9.83. The fraction of sp³-hybridized carbons (Fsp3) is 0.821. The maximum Gasteiger partial charge on any atom is 0.306 e. The number of hydrogen-bond donors (Lipinski definition) is 2. The molecule has 0 radical (unpaired) electrons. The molecule has 0 aromatic rings. The van der Waals surface area contributed by atoms with E-state index in [2.05, 4.69) is 10.6 Å². The molecule has 0 fully saturated rings. The van der Waals surface area contributed by atoms with Crippen molar-refractivity contribution in [1.29, 1.82) is 0 Å². The van der Waals surface area contributed by atoms with Crippen LogP contribution in [-0.2, 0) is 38.2 Å². The van der Waals surface area contributed by atoms with Gasteiger partial charge >= 0.3 is 17.9 Å². The fourth-order valence-electron chi connectivity index (χ4n) is 3.66. The summed E-state index contributed by atoms with van der Waals surface area (Å²) >= 11 is 0. The first-order valence-electron chi connectivity index (χ1n) is 13.3. The van der Waals surface area contributed by atoms with Crippen molar-refractivity contribution < 1.29 is 38.2 Å². The van der Waals surface area contributed by atoms with E-state index in [4.69, 9.17) is 14.2 Å². The third-order valence-electron chi connectivity index (χ3n) is 5.17. The lowest BCUT2D eigenvalue weighted by Gasteiger charge is -2.36. The minimum Gasteiger partial charge on any atom is -0.460 e. The quantitative estimate of drug-likeness (QED) is 0.247. The van der Waals surface area contributed by atoms with Gasteiger partial charge in [-0.05, 0) is 88.0 Å². The Kier molecular flexibility index (Phi) is 14.0. The third-order valence-corrected chi connectivity index (χ3v) is 5.17. The molecule has 0 unspecified atom stereocenters. The summed E-state index contributed by atoms with van der Waals surface area (Å²) in [5.41, 5.74) is -3.13. The van der Waals surface area contributed by atoms with Crippen LogP contribution in [0, 0.1) is 0 Å². The molecule has 10 heteroatoms. The Morgan fingerprint density at radius 1 is 0.526 bits per heavy atom. The van der Waals surface area contributed by atoms with Crippen molar-refractivity contribution in [3.8, 4) is 0 Å². The van der Waals surface area contributed by atoms with Gasteiger partial charge in [-0.1, -0.05) is 0 Å². The second-order valence-corrected chi connectivity index (χ2v) is 12.6. The highest BCUT2D eigenvalue weighted by Gasteiger charge is 2.35. The summed E-state index contributed by atoms with van der Waals surface area (Å²) in [4.78, 5) is 62.2. The summed E-state index contributed by atoms with van der Waals surface area (Å²) < 4.78 is 16.3. The van der Waals surface area contributed by atoms with E-state index in [1.54, 1.807) is 62.3 Å².